The van der Waals surface area contributed by atoms with Crippen LogP contribution in [0.5, 0.6) is 11.5 Å². The van der Waals surface area contributed by atoms with Crippen LogP contribution in [0.25, 0.3) is 11.4 Å². The summed E-state index contributed by atoms with van der Waals surface area (Å²) in [7, 11) is 3.23. The summed E-state index contributed by atoms with van der Waals surface area (Å²) in [5.41, 5.74) is 3.66. The van der Waals surface area contributed by atoms with Gasteiger partial charge in [-0.05, 0) is 47.5 Å². The number of nitrogens with one attached hydrogen (secondary N) is 1. The second-order valence-electron chi connectivity index (χ2n) is 7.97. The van der Waals surface area contributed by atoms with Crippen LogP contribution in [-0.4, -0.2) is 52.2 Å². The summed E-state index contributed by atoms with van der Waals surface area (Å²) in [6, 6.07) is 15.7. The number of tetrazole rings is 1. The Labute approximate surface area is 211 Å². The number of aromatic nitrogens is 4. The summed E-state index contributed by atoms with van der Waals surface area (Å²) in [5, 5.41) is 14.9. The molecule has 2 heterocycles. The van der Waals surface area contributed by atoms with E-state index in [2.05, 4.69) is 20.6 Å². The summed E-state index contributed by atoms with van der Waals surface area (Å²) >= 11 is 13.1. The number of ether oxygens (including phenoxy) is 2. The molecule has 5 rings (SSSR count). The Hall–Kier alpha value is -3.62. The van der Waals surface area contributed by atoms with Gasteiger partial charge in [0.05, 0.1) is 30.3 Å². The molecule has 1 aliphatic rings. The lowest BCUT2D eigenvalue weighted by Gasteiger charge is -2.39. The van der Waals surface area contributed by atoms with Gasteiger partial charge in [-0.25, -0.2) is 0 Å². The summed E-state index contributed by atoms with van der Waals surface area (Å²) in [6.45, 7) is 0.440. The van der Waals surface area contributed by atoms with Crippen molar-refractivity contribution in [1.82, 2.24) is 25.5 Å². The number of hydrogen-bond acceptors (Lipinski definition) is 6. The molecule has 10 heteroatoms. The van der Waals surface area contributed by atoms with Crippen LogP contribution < -0.4 is 9.47 Å². The molecule has 35 heavy (non-hydrogen) atoms. The van der Waals surface area contributed by atoms with Crippen molar-refractivity contribution in [3.63, 3.8) is 0 Å². The van der Waals surface area contributed by atoms with Gasteiger partial charge in [-0.3, -0.25) is 4.79 Å². The number of hydrogen-bond donors (Lipinski definition) is 1. The second-order valence-corrected chi connectivity index (χ2v) is 8.76. The molecule has 0 saturated heterocycles. The molecular formula is C25H21Cl2N5O3. The number of amides is 1. The highest BCUT2D eigenvalue weighted by Gasteiger charge is 2.37. The summed E-state index contributed by atoms with van der Waals surface area (Å²) in [5.74, 6) is 1.60. The largest absolute Gasteiger partial charge is 0.496 e. The average Bonchev–Trinajstić information content (AvgIpc) is 3.44. The van der Waals surface area contributed by atoms with Gasteiger partial charge in [-0.15, -0.1) is 10.2 Å². The Bertz CT molecular complexity index is 1390. The zero-order valence-corrected chi connectivity index (χ0v) is 20.5. The highest BCUT2D eigenvalue weighted by Crippen LogP contribution is 2.47. The molecule has 0 saturated carbocycles. The van der Waals surface area contributed by atoms with Gasteiger partial charge in [-0.2, -0.15) is 5.21 Å². The molecule has 4 aromatic rings. The molecule has 0 bridgehead atoms. The van der Waals surface area contributed by atoms with Crippen molar-refractivity contribution in [2.24, 2.45) is 0 Å². The maximum atomic E-state index is 14.0. The van der Waals surface area contributed by atoms with E-state index in [0.29, 0.717) is 51.3 Å². The van der Waals surface area contributed by atoms with E-state index in [1.165, 1.54) is 0 Å². The fraction of sp³-hybridized carbons (Fsp3) is 0.200. The molecule has 1 amide bonds. The van der Waals surface area contributed by atoms with E-state index in [0.717, 1.165) is 16.9 Å². The monoisotopic (exact) mass is 509 g/mol. The molecular weight excluding hydrogens is 489 g/mol. The van der Waals surface area contributed by atoms with Crippen molar-refractivity contribution in [2.75, 3.05) is 20.8 Å². The highest BCUT2D eigenvalue weighted by atomic mass is 35.5. The minimum Gasteiger partial charge on any atom is -0.496 e. The highest BCUT2D eigenvalue weighted by molar-refractivity contribution is 6.42. The Morgan fingerprint density at radius 1 is 1.06 bits per heavy atom. The molecule has 1 atom stereocenters. The summed E-state index contributed by atoms with van der Waals surface area (Å²) < 4.78 is 11.4. The van der Waals surface area contributed by atoms with Gasteiger partial charge in [-0.1, -0.05) is 47.5 Å². The predicted molar refractivity (Wildman–Crippen MR) is 132 cm³/mol. The fourth-order valence-corrected chi connectivity index (χ4v) is 4.99. The van der Waals surface area contributed by atoms with Gasteiger partial charge in [0.1, 0.15) is 11.5 Å². The van der Waals surface area contributed by atoms with E-state index in [1.807, 2.05) is 30.3 Å². The Balaban J connectivity index is 1.67. The quantitative estimate of drug-likeness (QED) is 0.407. The molecule has 3 aromatic carbocycles. The zero-order chi connectivity index (χ0) is 24.5. The van der Waals surface area contributed by atoms with E-state index in [-0.39, 0.29) is 5.91 Å². The van der Waals surface area contributed by atoms with Crippen LogP contribution in [0.2, 0.25) is 10.0 Å². The van der Waals surface area contributed by atoms with Crippen molar-refractivity contribution in [3.8, 4) is 22.9 Å². The molecule has 178 valence electrons. The van der Waals surface area contributed by atoms with Gasteiger partial charge < -0.3 is 14.4 Å². The third-order valence-electron chi connectivity index (χ3n) is 6.15. The molecule has 0 radical (unpaired) electrons. The molecule has 8 nitrogen and oxygen atoms in total. The average molecular weight is 510 g/mol. The number of fused-ring (bicyclic) bond motifs is 1. The van der Waals surface area contributed by atoms with Crippen LogP contribution >= 0.6 is 23.2 Å². The first-order valence-electron chi connectivity index (χ1n) is 10.9. The molecule has 1 N–H and O–H groups in total. The number of methoxy groups -OCH3 is 2. The maximum Gasteiger partial charge on any atom is 0.254 e. The Kier molecular flexibility index (Phi) is 6.32. The van der Waals surface area contributed by atoms with E-state index < -0.39 is 6.04 Å². The molecule has 0 spiro atoms. The van der Waals surface area contributed by atoms with Crippen LogP contribution in [0, 0.1) is 0 Å². The van der Waals surface area contributed by atoms with Crippen LogP contribution in [-0.2, 0) is 6.42 Å². The van der Waals surface area contributed by atoms with Crippen LogP contribution in [0.1, 0.15) is 33.1 Å². The third-order valence-corrected chi connectivity index (χ3v) is 6.99. The van der Waals surface area contributed by atoms with E-state index in [4.69, 9.17) is 32.7 Å². The molecule has 1 unspecified atom stereocenters. The zero-order valence-electron chi connectivity index (χ0n) is 19.0. The summed E-state index contributed by atoms with van der Waals surface area (Å²) in [6.07, 6.45) is 0.584. The van der Waals surface area contributed by atoms with Crippen molar-refractivity contribution in [1.29, 1.82) is 0 Å². The number of benzene rings is 3. The van der Waals surface area contributed by atoms with Crippen LogP contribution in [0.15, 0.2) is 54.6 Å². The lowest BCUT2D eigenvalue weighted by molar-refractivity contribution is 0.0691. The molecule has 0 fully saturated rings. The predicted octanol–water partition coefficient (Wildman–Crippen LogP) is 4.98. The molecule has 1 aliphatic heterocycles. The standard InChI is InChI=1S/C25H21Cl2N5O3/c1-34-19-9-10-20(35-2)21-16(19)11-12-32(23(21)17-7-4-8-18(26)22(17)27)25(33)15-6-3-5-14(13-15)24-28-30-31-29-24/h3-10,13,23H,11-12H2,1-2H3,(H,28,29,30,31). The van der Waals surface area contributed by atoms with Crippen LogP contribution in [0.3, 0.4) is 0 Å². The van der Waals surface area contributed by atoms with Crippen molar-refractivity contribution in [2.45, 2.75) is 12.5 Å². The topological polar surface area (TPSA) is 93.2 Å². The molecule has 0 aliphatic carbocycles. The van der Waals surface area contributed by atoms with E-state index in [1.54, 1.807) is 43.4 Å². The SMILES string of the molecule is COc1ccc(OC)c2c1CCN(C(=O)c1cccc(-c3nn[nH]n3)c1)C2c1cccc(Cl)c1Cl. The first-order chi connectivity index (χ1) is 17.0. The lowest BCUT2D eigenvalue weighted by atomic mass is 9.86. The van der Waals surface area contributed by atoms with E-state index >= 15 is 0 Å². The Morgan fingerprint density at radius 2 is 1.83 bits per heavy atom. The first-order valence-corrected chi connectivity index (χ1v) is 11.6. The minimum atomic E-state index is -0.545. The first kappa shape index (κ1) is 23.1. The number of carbonyl (C=O) groups is 1. The minimum absolute atomic E-state index is 0.174. The molecule has 1 aromatic heterocycles. The van der Waals surface area contributed by atoms with Crippen molar-refractivity contribution >= 4 is 29.1 Å². The van der Waals surface area contributed by atoms with Gasteiger partial charge in [0.15, 0.2) is 0 Å². The number of H-pyrrole nitrogens is 1. The number of nitrogens with zero attached hydrogens (tertiary/aromatic N) is 4. The second kappa shape index (κ2) is 9.56. The van der Waals surface area contributed by atoms with Gasteiger partial charge in [0.2, 0.25) is 5.82 Å². The maximum absolute atomic E-state index is 14.0. The number of halogens is 2. The van der Waals surface area contributed by atoms with Gasteiger partial charge >= 0.3 is 0 Å². The van der Waals surface area contributed by atoms with Gasteiger partial charge in [0, 0.05) is 28.8 Å². The Morgan fingerprint density at radius 3 is 2.57 bits per heavy atom. The number of carbonyl (C=O) groups excluding carboxylic acids is 1. The number of rotatable bonds is 5. The number of aromatic amines is 1. The normalized spacial score (nSPS) is 15.0. The summed E-state index contributed by atoms with van der Waals surface area (Å²) in [4.78, 5) is 15.8. The van der Waals surface area contributed by atoms with Crippen molar-refractivity contribution in [3.05, 3.63) is 86.9 Å². The van der Waals surface area contributed by atoms with E-state index in [9.17, 15) is 4.79 Å². The lowest BCUT2D eigenvalue weighted by Crippen LogP contribution is -2.41. The van der Waals surface area contributed by atoms with Crippen molar-refractivity contribution < 1.29 is 14.3 Å². The fourth-order valence-electron chi connectivity index (χ4n) is 4.58. The smallest absolute Gasteiger partial charge is 0.254 e. The van der Waals surface area contributed by atoms with Gasteiger partial charge in [0.25, 0.3) is 5.91 Å². The third kappa shape index (κ3) is 4.09. The van der Waals surface area contributed by atoms with Crippen LogP contribution in [0.4, 0.5) is 0 Å².